The fourth-order valence-corrected chi connectivity index (χ4v) is 1.86. The summed E-state index contributed by atoms with van der Waals surface area (Å²) in [5.41, 5.74) is 2.35. The van der Waals surface area contributed by atoms with E-state index in [9.17, 15) is 9.18 Å². The van der Waals surface area contributed by atoms with Crippen LogP contribution in [0.3, 0.4) is 0 Å². The molecule has 0 N–H and O–H groups in total. The van der Waals surface area contributed by atoms with Crippen LogP contribution in [0.1, 0.15) is 18.4 Å². The molecule has 1 aliphatic heterocycles. The van der Waals surface area contributed by atoms with Crippen molar-refractivity contribution in [1.82, 2.24) is 4.90 Å². The van der Waals surface area contributed by atoms with Crippen molar-refractivity contribution in [1.29, 1.82) is 0 Å². The van der Waals surface area contributed by atoms with Gasteiger partial charge in [0.2, 0.25) is 6.41 Å². The van der Waals surface area contributed by atoms with Crippen LogP contribution in [0.2, 0.25) is 0 Å². The number of amides is 1. The van der Waals surface area contributed by atoms with Crippen molar-refractivity contribution in [3.8, 4) is 0 Å². The van der Waals surface area contributed by atoms with Crippen LogP contribution in [-0.2, 0) is 4.79 Å². The van der Waals surface area contributed by atoms with Gasteiger partial charge in [0.1, 0.15) is 5.82 Å². The monoisotopic (exact) mass is 219 g/mol. The summed E-state index contributed by atoms with van der Waals surface area (Å²) in [5, 5.41) is 0. The first kappa shape index (κ1) is 10.9. The lowest BCUT2D eigenvalue weighted by atomic mass is 10.0. The van der Waals surface area contributed by atoms with E-state index in [4.69, 9.17) is 0 Å². The number of likely N-dealkylation sites (tertiary alicyclic amines) is 1. The summed E-state index contributed by atoms with van der Waals surface area (Å²) in [4.78, 5) is 12.3. The first-order valence-corrected chi connectivity index (χ1v) is 5.42. The van der Waals surface area contributed by atoms with E-state index >= 15 is 0 Å². The van der Waals surface area contributed by atoms with Gasteiger partial charge in [-0.1, -0.05) is 23.8 Å². The minimum atomic E-state index is -0.210. The lowest BCUT2D eigenvalue weighted by molar-refractivity contribution is -0.118. The second-order valence-electron chi connectivity index (χ2n) is 4.00. The van der Waals surface area contributed by atoms with E-state index in [1.807, 2.05) is 0 Å². The molecule has 0 bridgehead atoms. The molecule has 0 aromatic heterocycles. The van der Waals surface area contributed by atoms with Gasteiger partial charge >= 0.3 is 0 Å². The first-order valence-electron chi connectivity index (χ1n) is 5.42. The smallest absolute Gasteiger partial charge is 0.209 e. The maximum absolute atomic E-state index is 12.7. The number of hydrogen-bond acceptors (Lipinski definition) is 1. The molecule has 1 heterocycles. The van der Waals surface area contributed by atoms with Crippen molar-refractivity contribution < 1.29 is 9.18 Å². The van der Waals surface area contributed by atoms with E-state index in [1.54, 1.807) is 17.0 Å². The summed E-state index contributed by atoms with van der Waals surface area (Å²) in [7, 11) is 0. The van der Waals surface area contributed by atoms with Gasteiger partial charge in [0.25, 0.3) is 0 Å². The molecule has 1 fully saturated rings. The Hall–Kier alpha value is -1.64. The third kappa shape index (κ3) is 2.69. The summed E-state index contributed by atoms with van der Waals surface area (Å²) < 4.78 is 12.7. The molecular formula is C13H14FNO. The van der Waals surface area contributed by atoms with Crippen molar-refractivity contribution in [2.24, 2.45) is 0 Å². The van der Waals surface area contributed by atoms with Crippen molar-refractivity contribution in [2.45, 2.75) is 12.8 Å². The number of benzene rings is 1. The number of carbonyl (C=O) groups is 1. The molecule has 0 spiro atoms. The number of halogens is 1. The highest BCUT2D eigenvalue weighted by Gasteiger charge is 2.11. The highest BCUT2D eigenvalue weighted by molar-refractivity contribution is 5.54. The second kappa shape index (κ2) is 4.92. The molecule has 1 aromatic rings. The van der Waals surface area contributed by atoms with Crippen LogP contribution in [0, 0.1) is 5.82 Å². The van der Waals surface area contributed by atoms with Gasteiger partial charge in [-0.05, 0) is 30.5 Å². The van der Waals surface area contributed by atoms with Crippen LogP contribution in [-0.4, -0.2) is 24.4 Å². The molecule has 0 saturated carbocycles. The van der Waals surface area contributed by atoms with Crippen molar-refractivity contribution in [3.05, 3.63) is 41.2 Å². The summed E-state index contributed by atoms with van der Waals surface area (Å²) in [6.45, 7) is 1.58. The molecule has 16 heavy (non-hydrogen) atoms. The molecule has 1 saturated heterocycles. The van der Waals surface area contributed by atoms with Crippen molar-refractivity contribution >= 4 is 12.5 Å². The van der Waals surface area contributed by atoms with Crippen LogP contribution < -0.4 is 0 Å². The molecular weight excluding hydrogens is 205 g/mol. The van der Waals surface area contributed by atoms with Gasteiger partial charge in [-0.2, -0.15) is 0 Å². The molecule has 0 atom stereocenters. The van der Waals surface area contributed by atoms with Gasteiger partial charge in [0, 0.05) is 13.1 Å². The minimum absolute atomic E-state index is 0.210. The van der Waals surface area contributed by atoms with Crippen LogP contribution in [0.15, 0.2) is 29.8 Å². The minimum Gasteiger partial charge on any atom is -0.345 e. The topological polar surface area (TPSA) is 20.3 Å². The maximum atomic E-state index is 12.7. The third-order valence-corrected chi connectivity index (χ3v) is 2.83. The Morgan fingerprint density at radius 2 is 1.75 bits per heavy atom. The SMILES string of the molecule is O=CN1CCC(=Cc2ccc(F)cc2)CC1. The molecule has 3 heteroatoms. The lowest BCUT2D eigenvalue weighted by Crippen LogP contribution is -2.29. The van der Waals surface area contributed by atoms with E-state index < -0.39 is 0 Å². The zero-order valence-corrected chi connectivity index (χ0v) is 9.03. The number of carbonyl (C=O) groups excluding carboxylic acids is 1. The normalized spacial score (nSPS) is 16.1. The van der Waals surface area contributed by atoms with Gasteiger partial charge in [-0.25, -0.2) is 4.39 Å². The van der Waals surface area contributed by atoms with Crippen LogP contribution in [0.5, 0.6) is 0 Å². The van der Waals surface area contributed by atoms with Gasteiger partial charge in [-0.3, -0.25) is 4.79 Å². The molecule has 2 nitrogen and oxygen atoms in total. The third-order valence-electron chi connectivity index (χ3n) is 2.83. The molecule has 0 radical (unpaired) electrons. The molecule has 0 aliphatic carbocycles. The highest BCUT2D eigenvalue weighted by Crippen LogP contribution is 2.18. The van der Waals surface area contributed by atoms with Gasteiger partial charge in [0.05, 0.1) is 0 Å². The number of nitrogens with zero attached hydrogens (tertiary/aromatic N) is 1. The average molecular weight is 219 g/mol. The van der Waals surface area contributed by atoms with Gasteiger partial charge in [0.15, 0.2) is 0 Å². The molecule has 0 unspecified atom stereocenters. The Balaban J connectivity index is 2.03. The summed E-state index contributed by atoms with van der Waals surface area (Å²) in [5.74, 6) is -0.210. The van der Waals surface area contributed by atoms with Crippen LogP contribution >= 0.6 is 0 Å². The standard InChI is InChI=1S/C13H14FNO/c14-13-3-1-11(2-4-13)9-12-5-7-15(10-16)8-6-12/h1-4,9-10H,5-8H2. The Bertz CT molecular complexity index is 387. The molecule has 1 aromatic carbocycles. The van der Waals surface area contributed by atoms with Gasteiger partial charge < -0.3 is 4.90 Å². The summed E-state index contributed by atoms with van der Waals surface area (Å²) in [6, 6.07) is 6.47. The van der Waals surface area contributed by atoms with Crippen molar-refractivity contribution in [2.75, 3.05) is 13.1 Å². The maximum Gasteiger partial charge on any atom is 0.209 e. The Kier molecular flexibility index (Phi) is 3.34. The molecule has 1 aliphatic rings. The van der Waals surface area contributed by atoms with E-state index in [1.165, 1.54) is 17.7 Å². The average Bonchev–Trinajstić information content (AvgIpc) is 2.33. The van der Waals surface area contributed by atoms with E-state index in [0.717, 1.165) is 37.9 Å². The predicted molar refractivity (Wildman–Crippen MR) is 61.2 cm³/mol. The molecule has 84 valence electrons. The second-order valence-corrected chi connectivity index (χ2v) is 4.00. The van der Waals surface area contributed by atoms with Crippen molar-refractivity contribution in [3.63, 3.8) is 0 Å². The van der Waals surface area contributed by atoms with E-state index in [-0.39, 0.29) is 5.82 Å². The van der Waals surface area contributed by atoms with E-state index in [0.29, 0.717) is 0 Å². The fourth-order valence-electron chi connectivity index (χ4n) is 1.86. The number of hydrogen-bond donors (Lipinski definition) is 0. The van der Waals surface area contributed by atoms with Gasteiger partial charge in [-0.15, -0.1) is 0 Å². The number of rotatable bonds is 2. The Morgan fingerprint density at radius 1 is 1.12 bits per heavy atom. The summed E-state index contributed by atoms with van der Waals surface area (Å²) in [6.07, 6.45) is 4.81. The zero-order chi connectivity index (χ0) is 11.4. The number of piperidine rings is 1. The first-order chi connectivity index (χ1) is 7.78. The van der Waals surface area contributed by atoms with Crippen LogP contribution in [0.4, 0.5) is 4.39 Å². The lowest BCUT2D eigenvalue weighted by Gasteiger charge is -2.24. The quantitative estimate of drug-likeness (QED) is 0.700. The van der Waals surface area contributed by atoms with E-state index in [2.05, 4.69) is 6.08 Å². The fraction of sp³-hybridized carbons (Fsp3) is 0.308. The predicted octanol–water partition coefficient (Wildman–Crippen LogP) is 2.46. The zero-order valence-electron chi connectivity index (χ0n) is 9.03. The Labute approximate surface area is 94.4 Å². The Morgan fingerprint density at radius 3 is 2.31 bits per heavy atom. The largest absolute Gasteiger partial charge is 0.345 e. The molecule has 2 rings (SSSR count). The highest BCUT2D eigenvalue weighted by atomic mass is 19.1. The summed E-state index contributed by atoms with van der Waals surface area (Å²) >= 11 is 0. The van der Waals surface area contributed by atoms with Crippen LogP contribution in [0.25, 0.3) is 6.08 Å². The molecule has 1 amide bonds.